The van der Waals surface area contributed by atoms with E-state index >= 15 is 0 Å². The van der Waals surface area contributed by atoms with Crippen LogP contribution in [0.4, 0.5) is 0 Å². The van der Waals surface area contributed by atoms with E-state index in [1.165, 1.54) is 27.6 Å². The fourth-order valence-electron chi connectivity index (χ4n) is 3.07. The van der Waals surface area contributed by atoms with E-state index in [9.17, 15) is 14.4 Å². The highest BCUT2D eigenvalue weighted by Crippen LogP contribution is 2.15. The normalized spacial score (nSPS) is 13.3. The van der Waals surface area contributed by atoms with Crippen LogP contribution in [0.2, 0.25) is 0 Å². The average molecular weight is 501 g/mol. The van der Waals surface area contributed by atoms with Gasteiger partial charge in [-0.1, -0.05) is 44.7 Å². The van der Waals surface area contributed by atoms with E-state index in [2.05, 4.69) is 28.8 Å². The predicted molar refractivity (Wildman–Crippen MR) is 139 cm³/mol. The molecule has 0 fully saturated rings. The molecule has 0 spiro atoms. The Balaban J connectivity index is 2.96. The quantitative estimate of drug-likeness (QED) is 0.0807. The molecule has 2 amide bonds. The van der Waals surface area contributed by atoms with Crippen LogP contribution in [-0.2, 0) is 34.9 Å². The zero-order valence-corrected chi connectivity index (χ0v) is 21.4. The summed E-state index contributed by atoms with van der Waals surface area (Å²) in [6.07, 6.45) is 4.62. The third-order valence-electron chi connectivity index (χ3n) is 4.94. The van der Waals surface area contributed by atoms with E-state index in [0.29, 0.717) is 12.4 Å². The minimum atomic E-state index is -1.04. The van der Waals surface area contributed by atoms with Gasteiger partial charge >= 0.3 is 14.0 Å². The smallest absolute Gasteiger partial charge is 0.330 e. The molecular weight excluding hydrogens is 465 g/mol. The van der Waals surface area contributed by atoms with E-state index in [1.54, 1.807) is 32.1 Å². The summed E-state index contributed by atoms with van der Waals surface area (Å²) in [5.74, 6) is -1.29. The number of aliphatic imine (C=N–C) groups is 1. The highest BCUT2D eigenvalue weighted by molar-refractivity contribution is 6.02. The second-order valence-electron chi connectivity index (χ2n) is 8.09. The lowest BCUT2D eigenvalue weighted by Crippen LogP contribution is -2.56. The predicted octanol–water partition coefficient (Wildman–Crippen LogP) is 0.757. The largest absolute Gasteiger partial charge is 0.560 e. The summed E-state index contributed by atoms with van der Waals surface area (Å²) in [6.45, 7) is 11.2. The number of benzene rings is 1. The molecule has 0 saturated carbocycles. The summed E-state index contributed by atoms with van der Waals surface area (Å²) >= 11 is 0. The van der Waals surface area contributed by atoms with Crippen molar-refractivity contribution in [2.75, 3.05) is 26.9 Å². The fraction of sp³-hybridized carbons (Fsp3) is 0.440. The van der Waals surface area contributed by atoms with Gasteiger partial charge < -0.3 is 29.5 Å². The van der Waals surface area contributed by atoms with Crippen LogP contribution in [0.1, 0.15) is 19.4 Å². The number of nitrogens with one attached hydrogen (secondary N) is 2. The van der Waals surface area contributed by atoms with Gasteiger partial charge in [-0.2, -0.15) is 0 Å². The molecule has 0 bridgehead atoms. The topological polar surface area (TPSA) is 125 Å². The molecule has 0 unspecified atom stereocenters. The Morgan fingerprint density at radius 2 is 1.72 bits per heavy atom. The Morgan fingerprint density at radius 3 is 2.28 bits per heavy atom. The lowest BCUT2D eigenvalue weighted by atomic mass is 10.0. The molecule has 36 heavy (non-hydrogen) atoms. The highest BCUT2D eigenvalue weighted by atomic mass is 16.5. The molecule has 3 atom stereocenters. The van der Waals surface area contributed by atoms with Crippen LogP contribution < -0.4 is 15.4 Å². The van der Waals surface area contributed by atoms with Crippen molar-refractivity contribution in [3.8, 4) is 5.75 Å². The molecule has 0 heterocycles. The number of hydrogen-bond donors (Lipinski definition) is 2. The lowest BCUT2D eigenvalue weighted by molar-refractivity contribution is -0.147. The van der Waals surface area contributed by atoms with Crippen LogP contribution in [-0.4, -0.2) is 77.3 Å². The van der Waals surface area contributed by atoms with Gasteiger partial charge in [0.05, 0.1) is 20.3 Å². The van der Waals surface area contributed by atoms with Gasteiger partial charge in [0.2, 0.25) is 11.8 Å². The van der Waals surface area contributed by atoms with E-state index in [1.807, 2.05) is 12.1 Å². The van der Waals surface area contributed by atoms with Gasteiger partial charge in [0.15, 0.2) is 12.4 Å². The standard InChI is InChI=1S/C25H36BN3O7/c1-6-12-34-15-21(25(32)33-5)28-24(31)22(17(3)4)29-23(30)20(27-16-36-26)14-18-8-10-19(11-9-18)35-13-7-2/h6-11,16-17,20-22H,1-2,12-15,26H2,3-5H3,(H,28,31)(H,29,30)/t20-,21-,22-/m0/s1. The van der Waals surface area contributed by atoms with Crippen molar-refractivity contribution >= 4 is 32.2 Å². The van der Waals surface area contributed by atoms with Crippen LogP contribution in [0, 0.1) is 5.92 Å². The van der Waals surface area contributed by atoms with Gasteiger partial charge in [-0.15, -0.1) is 6.58 Å². The van der Waals surface area contributed by atoms with Gasteiger partial charge in [-0.3, -0.25) is 9.59 Å². The average Bonchev–Trinajstić information content (AvgIpc) is 2.87. The maximum Gasteiger partial charge on any atom is 0.330 e. The first-order chi connectivity index (χ1) is 17.3. The minimum Gasteiger partial charge on any atom is -0.560 e. The Kier molecular flexibility index (Phi) is 14.3. The number of rotatable bonds is 17. The summed E-state index contributed by atoms with van der Waals surface area (Å²) in [6, 6.07) is 4.42. The molecule has 0 aliphatic carbocycles. The van der Waals surface area contributed by atoms with Crippen molar-refractivity contribution in [1.82, 2.24) is 10.6 Å². The van der Waals surface area contributed by atoms with Crippen molar-refractivity contribution in [3.63, 3.8) is 0 Å². The molecule has 1 aromatic rings. The zero-order valence-electron chi connectivity index (χ0n) is 21.4. The molecule has 1 rings (SSSR count). The number of carbonyl (C=O) groups excluding carboxylic acids is 3. The molecule has 2 N–H and O–H groups in total. The summed E-state index contributed by atoms with van der Waals surface area (Å²) < 4.78 is 20.4. The second kappa shape index (κ2) is 16.9. The number of hydrogen-bond acceptors (Lipinski definition) is 8. The van der Waals surface area contributed by atoms with Gasteiger partial charge in [0.25, 0.3) is 0 Å². The minimum absolute atomic E-state index is 0.101. The number of ether oxygens (including phenoxy) is 3. The summed E-state index contributed by atoms with van der Waals surface area (Å²) in [7, 11) is 2.64. The molecule has 11 heteroatoms. The number of esters is 1. The van der Waals surface area contributed by atoms with Crippen LogP contribution in [0.5, 0.6) is 5.75 Å². The molecule has 0 radical (unpaired) electrons. The Bertz CT molecular complexity index is 890. The lowest BCUT2D eigenvalue weighted by Gasteiger charge is -2.25. The third-order valence-corrected chi connectivity index (χ3v) is 4.94. The first-order valence-electron chi connectivity index (χ1n) is 11.5. The van der Waals surface area contributed by atoms with E-state index in [0.717, 1.165) is 5.56 Å². The Hall–Kier alpha value is -3.60. The number of methoxy groups -OCH3 is 1. The fourth-order valence-corrected chi connectivity index (χ4v) is 3.07. The number of amides is 2. The maximum atomic E-state index is 13.1. The van der Waals surface area contributed by atoms with Crippen LogP contribution in [0.25, 0.3) is 0 Å². The molecular formula is C25H36BN3O7. The van der Waals surface area contributed by atoms with Gasteiger partial charge in [0, 0.05) is 6.42 Å². The molecule has 0 saturated heterocycles. The van der Waals surface area contributed by atoms with Crippen LogP contribution in [0.15, 0.2) is 54.6 Å². The van der Waals surface area contributed by atoms with Crippen molar-refractivity contribution in [3.05, 3.63) is 55.1 Å². The van der Waals surface area contributed by atoms with Gasteiger partial charge in [-0.05, 0) is 23.6 Å². The Labute approximate surface area is 213 Å². The summed E-state index contributed by atoms with van der Waals surface area (Å²) in [5.41, 5.74) is 0.838. The van der Waals surface area contributed by atoms with E-state index in [4.69, 9.17) is 18.9 Å². The van der Waals surface area contributed by atoms with Crippen molar-refractivity contribution in [2.24, 2.45) is 10.9 Å². The Morgan fingerprint density at radius 1 is 1.06 bits per heavy atom. The van der Waals surface area contributed by atoms with Gasteiger partial charge in [-0.25, -0.2) is 9.79 Å². The first kappa shape index (κ1) is 30.4. The third kappa shape index (κ3) is 10.8. The van der Waals surface area contributed by atoms with Crippen molar-refractivity contribution in [1.29, 1.82) is 0 Å². The number of carbonyl (C=O) groups is 3. The molecule has 0 aliphatic rings. The maximum absolute atomic E-state index is 13.1. The summed E-state index contributed by atoms with van der Waals surface area (Å²) in [4.78, 5) is 42.4. The van der Waals surface area contributed by atoms with Crippen molar-refractivity contribution < 1.29 is 33.2 Å². The van der Waals surface area contributed by atoms with E-state index < -0.39 is 35.9 Å². The molecule has 0 aromatic heterocycles. The molecule has 10 nitrogen and oxygen atoms in total. The second-order valence-corrected chi connectivity index (χ2v) is 8.09. The number of nitrogens with zero attached hydrogens (tertiary/aromatic N) is 1. The zero-order chi connectivity index (χ0) is 26.9. The van der Waals surface area contributed by atoms with Crippen LogP contribution in [0.3, 0.4) is 0 Å². The highest BCUT2D eigenvalue weighted by Gasteiger charge is 2.31. The SMILES string of the molecule is BOC=N[C@@H](Cc1ccc(OCC=C)cc1)C(=O)N[C@H](C(=O)N[C@@H](COCC=C)C(=O)OC)C(C)C. The van der Waals surface area contributed by atoms with E-state index in [-0.39, 0.29) is 25.6 Å². The molecule has 0 aliphatic heterocycles. The van der Waals surface area contributed by atoms with Gasteiger partial charge in [0.1, 0.15) is 24.4 Å². The summed E-state index contributed by atoms with van der Waals surface area (Å²) in [5, 5.41) is 5.35. The van der Waals surface area contributed by atoms with Crippen molar-refractivity contribution in [2.45, 2.75) is 38.4 Å². The monoisotopic (exact) mass is 501 g/mol. The van der Waals surface area contributed by atoms with Crippen LogP contribution >= 0.6 is 0 Å². The molecule has 1 aromatic carbocycles. The first-order valence-corrected chi connectivity index (χ1v) is 11.5. The molecule has 196 valence electrons.